The van der Waals surface area contributed by atoms with E-state index >= 15 is 0 Å². The van der Waals surface area contributed by atoms with Crippen LogP contribution in [0, 0.1) is 11.8 Å². The zero-order chi connectivity index (χ0) is 14.7. The molecule has 0 bridgehead atoms. The maximum absolute atomic E-state index is 4.09. The average molecular weight is 285 g/mol. The lowest BCUT2D eigenvalue weighted by Gasteiger charge is -2.41. The topological polar surface area (TPSA) is 12.0 Å². The van der Waals surface area contributed by atoms with E-state index in [4.69, 9.17) is 0 Å². The molecule has 21 heavy (non-hydrogen) atoms. The van der Waals surface area contributed by atoms with E-state index < -0.39 is 0 Å². The second-order valence-corrected chi connectivity index (χ2v) is 7.45. The van der Waals surface area contributed by atoms with E-state index in [9.17, 15) is 0 Å². The quantitative estimate of drug-likeness (QED) is 0.812. The first-order chi connectivity index (χ1) is 10.3. The van der Waals surface area contributed by atoms with E-state index in [1.807, 2.05) is 0 Å². The second kappa shape index (κ2) is 6.96. The maximum Gasteiger partial charge on any atom is 0.0138 e. The Morgan fingerprint density at radius 3 is 2.33 bits per heavy atom. The molecule has 0 heterocycles. The molecule has 0 saturated heterocycles. The van der Waals surface area contributed by atoms with E-state index in [1.54, 1.807) is 5.56 Å². The van der Waals surface area contributed by atoms with Gasteiger partial charge in [0.05, 0.1) is 0 Å². The minimum Gasteiger partial charge on any atom is -0.310 e. The highest BCUT2D eigenvalue weighted by Gasteiger charge is 2.32. The van der Waals surface area contributed by atoms with Gasteiger partial charge in [0.1, 0.15) is 0 Å². The van der Waals surface area contributed by atoms with Crippen molar-refractivity contribution in [1.82, 2.24) is 5.32 Å². The van der Waals surface area contributed by atoms with E-state index in [-0.39, 0.29) is 0 Å². The Labute approximate surface area is 130 Å². The third kappa shape index (κ3) is 3.51. The van der Waals surface area contributed by atoms with Crippen LogP contribution in [0.1, 0.15) is 70.3 Å². The first-order valence-electron chi connectivity index (χ1n) is 9.06. The molecule has 0 aliphatic heterocycles. The first-order valence-corrected chi connectivity index (χ1v) is 9.06. The summed E-state index contributed by atoms with van der Waals surface area (Å²) in [5, 5.41) is 4.09. The van der Waals surface area contributed by atoms with Crippen molar-refractivity contribution in [3.63, 3.8) is 0 Å². The van der Waals surface area contributed by atoms with Crippen molar-refractivity contribution in [3.05, 3.63) is 35.9 Å². The lowest BCUT2D eigenvalue weighted by molar-refractivity contribution is 0.174. The van der Waals surface area contributed by atoms with Crippen LogP contribution in [0.3, 0.4) is 0 Å². The van der Waals surface area contributed by atoms with Crippen LogP contribution in [0.5, 0.6) is 0 Å². The van der Waals surface area contributed by atoms with Crippen molar-refractivity contribution in [2.24, 2.45) is 11.8 Å². The Morgan fingerprint density at radius 1 is 0.810 bits per heavy atom. The normalized spacial score (nSPS) is 37.3. The Morgan fingerprint density at radius 2 is 1.52 bits per heavy atom. The van der Waals surface area contributed by atoms with Gasteiger partial charge >= 0.3 is 0 Å². The highest BCUT2D eigenvalue weighted by molar-refractivity contribution is 5.22. The Balaban J connectivity index is 1.70. The van der Waals surface area contributed by atoms with Gasteiger partial charge in [-0.15, -0.1) is 0 Å². The van der Waals surface area contributed by atoms with Gasteiger partial charge < -0.3 is 5.32 Å². The zero-order valence-electron chi connectivity index (χ0n) is 13.7. The van der Waals surface area contributed by atoms with Gasteiger partial charge in [0.2, 0.25) is 0 Å². The largest absolute Gasteiger partial charge is 0.310 e. The smallest absolute Gasteiger partial charge is 0.0138 e. The molecule has 0 spiro atoms. The van der Waals surface area contributed by atoms with Crippen LogP contribution in [-0.2, 0) is 0 Å². The minimum absolute atomic E-state index is 0.693. The molecule has 1 aromatic carbocycles. The number of nitrogens with one attached hydrogen (secondary N) is 1. The van der Waals surface area contributed by atoms with Crippen LogP contribution in [-0.4, -0.2) is 12.1 Å². The molecule has 1 N–H and O–H groups in total. The molecule has 1 aromatic rings. The monoisotopic (exact) mass is 285 g/mol. The summed E-state index contributed by atoms with van der Waals surface area (Å²) in [7, 11) is 0. The van der Waals surface area contributed by atoms with Gasteiger partial charge in [-0.25, -0.2) is 0 Å². The molecule has 0 radical (unpaired) electrons. The van der Waals surface area contributed by atoms with Crippen LogP contribution in [0.4, 0.5) is 0 Å². The summed E-state index contributed by atoms with van der Waals surface area (Å²) in [5.41, 5.74) is 1.55. The third-order valence-electron chi connectivity index (χ3n) is 6.13. The van der Waals surface area contributed by atoms with Gasteiger partial charge in [-0.3, -0.25) is 0 Å². The second-order valence-electron chi connectivity index (χ2n) is 7.45. The predicted octanol–water partition coefficient (Wildman–Crippen LogP) is 5.13. The highest BCUT2D eigenvalue weighted by atomic mass is 15.0. The van der Waals surface area contributed by atoms with Crippen LogP contribution < -0.4 is 5.32 Å². The molecule has 116 valence electrons. The molecule has 0 amide bonds. The van der Waals surface area contributed by atoms with Crippen molar-refractivity contribution >= 4 is 0 Å². The van der Waals surface area contributed by atoms with Gasteiger partial charge in [-0.05, 0) is 42.6 Å². The molecule has 2 aliphatic rings. The lowest BCUT2D eigenvalue weighted by Crippen LogP contribution is -2.48. The van der Waals surface area contributed by atoms with Gasteiger partial charge in [0, 0.05) is 12.1 Å². The molecule has 5 unspecified atom stereocenters. The summed E-state index contributed by atoms with van der Waals surface area (Å²) >= 11 is 0. The van der Waals surface area contributed by atoms with Gasteiger partial charge in [0.25, 0.3) is 0 Å². The third-order valence-corrected chi connectivity index (χ3v) is 6.13. The van der Waals surface area contributed by atoms with E-state index in [0.29, 0.717) is 6.04 Å². The molecule has 0 aromatic heterocycles. The van der Waals surface area contributed by atoms with Crippen LogP contribution in [0.15, 0.2) is 30.3 Å². The number of rotatable bonds is 3. The minimum atomic E-state index is 0.693. The van der Waals surface area contributed by atoms with Crippen molar-refractivity contribution in [2.75, 3.05) is 0 Å². The van der Waals surface area contributed by atoms with E-state index in [1.165, 1.54) is 44.9 Å². The molecule has 5 atom stereocenters. The van der Waals surface area contributed by atoms with E-state index in [2.05, 4.69) is 49.5 Å². The number of benzene rings is 1. The molecular formula is C20H31N. The summed E-state index contributed by atoms with van der Waals surface area (Å²) in [5.74, 6) is 2.44. The Hall–Kier alpha value is -0.820. The van der Waals surface area contributed by atoms with Gasteiger partial charge in [-0.2, -0.15) is 0 Å². The molecule has 1 nitrogen and oxygen atoms in total. The fourth-order valence-electron chi connectivity index (χ4n) is 4.52. The molecular weight excluding hydrogens is 254 g/mol. The molecule has 2 saturated carbocycles. The van der Waals surface area contributed by atoms with Crippen LogP contribution in [0.25, 0.3) is 0 Å². The zero-order valence-corrected chi connectivity index (χ0v) is 13.7. The molecule has 3 rings (SSSR count). The Kier molecular flexibility index (Phi) is 5.00. The molecule has 2 fully saturated rings. The van der Waals surface area contributed by atoms with Crippen LogP contribution in [0.2, 0.25) is 0 Å². The van der Waals surface area contributed by atoms with Crippen LogP contribution >= 0.6 is 0 Å². The van der Waals surface area contributed by atoms with Crippen molar-refractivity contribution in [3.8, 4) is 0 Å². The molecule has 2 aliphatic carbocycles. The predicted molar refractivity (Wildman–Crippen MR) is 90.5 cm³/mol. The summed E-state index contributed by atoms with van der Waals surface area (Å²) in [6.07, 6.45) is 9.73. The first kappa shape index (κ1) is 15.1. The summed E-state index contributed by atoms with van der Waals surface area (Å²) < 4.78 is 0. The summed E-state index contributed by atoms with van der Waals surface area (Å²) in [6, 6.07) is 12.6. The lowest BCUT2D eigenvalue weighted by atomic mass is 9.75. The fraction of sp³-hybridized carbons (Fsp3) is 0.700. The van der Waals surface area contributed by atoms with Crippen molar-refractivity contribution in [2.45, 2.75) is 76.8 Å². The fourth-order valence-corrected chi connectivity index (χ4v) is 4.52. The Bertz CT molecular complexity index is 427. The van der Waals surface area contributed by atoms with E-state index in [0.717, 1.165) is 23.8 Å². The number of hydrogen-bond acceptors (Lipinski definition) is 1. The van der Waals surface area contributed by atoms with Crippen molar-refractivity contribution in [1.29, 1.82) is 0 Å². The maximum atomic E-state index is 4.09. The van der Waals surface area contributed by atoms with Gasteiger partial charge in [-0.1, -0.05) is 69.9 Å². The SMILES string of the molecule is CC1CCCC(NC2CCCCC2c2ccccc2)C1C. The summed E-state index contributed by atoms with van der Waals surface area (Å²) in [6.45, 7) is 4.90. The summed E-state index contributed by atoms with van der Waals surface area (Å²) in [4.78, 5) is 0. The number of hydrogen-bond donors (Lipinski definition) is 1. The highest BCUT2D eigenvalue weighted by Crippen LogP contribution is 2.36. The standard InChI is InChI=1S/C20H31N/c1-15-9-8-14-19(16(15)2)21-20-13-7-6-12-18(20)17-10-4-3-5-11-17/h3-5,10-11,15-16,18-21H,6-9,12-14H2,1-2H3. The van der Waals surface area contributed by atoms with Gasteiger partial charge in [0.15, 0.2) is 0 Å². The van der Waals surface area contributed by atoms with Crippen molar-refractivity contribution < 1.29 is 0 Å². The molecule has 1 heteroatoms. The average Bonchev–Trinajstić information content (AvgIpc) is 2.53.